The predicted molar refractivity (Wildman–Crippen MR) is 124 cm³/mol. The number of carbonyl (C=O) groups is 1. The Labute approximate surface area is 191 Å². The quantitative estimate of drug-likeness (QED) is 0.445. The van der Waals surface area contributed by atoms with Gasteiger partial charge in [-0.3, -0.25) is 4.31 Å². The molecule has 0 bridgehead atoms. The summed E-state index contributed by atoms with van der Waals surface area (Å²) in [5.74, 6) is -1.12. The fraction of sp³-hybridized carbons (Fsp3) is 0.136. The van der Waals surface area contributed by atoms with E-state index in [2.05, 4.69) is 5.32 Å². The van der Waals surface area contributed by atoms with Crippen LogP contribution in [0.15, 0.2) is 71.6 Å². The van der Waals surface area contributed by atoms with Crippen molar-refractivity contribution in [2.45, 2.75) is 18.4 Å². The Morgan fingerprint density at radius 1 is 1.03 bits per heavy atom. The summed E-state index contributed by atoms with van der Waals surface area (Å²) in [5.41, 5.74) is 1.86. The molecule has 2 N–H and O–H groups in total. The molecule has 0 spiro atoms. The van der Waals surface area contributed by atoms with Gasteiger partial charge in [-0.05, 0) is 67.1 Å². The summed E-state index contributed by atoms with van der Waals surface area (Å²) in [6, 6.07) is 17.3. The smallest absolute Gasteiger partial charge is 0.335 e. The van der Waals surface area contributed by atoms with Crippen LogP contribution in [0.5, 0.6) is 0 Å². The van der Waals surface area contributed by atoms with Crippen molar-refractivity contribution in [2.24, 2.45) is 0 Å². The summed E-state index contributed by atoms with van der Waals surface area (Å²) in [5, 5.41) is 13.3. The van der Waals surface area contributed by atoms with Crippen LogP contribution in [0.3, 0.4) is 0 Å². The average molecular weight is 479 g/mol. The van der Waals surface area contributed by atoms with Crippen molar-refractivity contribution in [3.8, 4) is 0 Å². The molecule has 6 nitrogen and oxygen atoms in total. The average Bonchev–Trinajstić information content (AvgIpc) is 2.75. The second-order valence-corrected chi connectivity index (χ2v) is 9.31. The topological polar surface area (TPSA) is 86.7 Å². The van der Waals surface area contributed by atoms with Crippen molar-refractivity contribution >= 4 is 50.6 Å². The predicted octanol–water partition coefficient (Wildman–Crippen LogP) is 5.52. The van der Waals surface area contributed by atoms with Gasteiger partial charge >= 0.3 is 5.97 Å². The van der Waals surface area contributed by atoms with Gasteiger partial charge in [-0.15, -0.1) is 0 Å². The highest BCUT2D eigenvalue weighted by molar-refractivity contribution is 7.92. The van der Waals surface area contributed by atoms with E-state index in [0.717, 1.165) is 0 Å². The molecule has 0 heterocycles. The molecular weight excluding hydrogens is 459 g/mol. The van der Waals surface area contributed by atoms with Crippen LogP contribution < -0.4 is 9.62 Å². The van der Waals surface area contributed by atoms with Gasteiger partial charge in [0.15, 0.2) is 0 Å². The molecule has 0 saturated heterocycles. The SMILES string of the molecule is CCN(c1ccc(Cl)cc1CNc1ccccc1Cl)S(=O)(=O)c1ccc(C(=O)O)cc1. The van der Waals surface area contributed by atoms with Gasteiger partial charge in [0.25, 0.3) is 10.0 Å². The minimum Gasteiger partial charge on any atom is -0.478 e. The number of nitrogens with one attached hydrogen (secondary N) is 1. The van der Waals surface area contributed by atoms with Crippen molar-refractivity contribution < 1.29 is 18.3 Å². The van der Waals surface area contributed by atoms with Gasteiger partial charge in [-0.25, -0.2) is 13.2 Å². The molecule has 0 radical (unpaired) electrons. The van der Waals surface area contributed by atoms with Crippen LogP contribution in [0.1, 0.15) is 22.8 Å². The zero-order valence-electron chi connectivity index (χ0n) is 16.5. The molecule has 0 atom stereocenters. The Morgan fingerprint density at radius 2 is 1.71 bits per heavy atom. The third-order valence-corrected chi connectivity index (χ3v) is 7.10. The number of aromatic carboxylic acids is 1. The largest absolute Gasteiger partial charge is 0.478 e. The van der Waals surface area contributed by atoms with Crippen LogP contribution in [0.25, 0.3) is 0 Å². The van der Waals surface area contributed by atoms with E-state index in [4.69, 9.17) is 28.3 Å². The number of para-hydroxylation sites is 1. The summed E-state index contributed by atoms with van der Waals surface area (Å²) in [6.07, 6.45) is 0. The third kappa shape index (κ3) is 5.12. The lowest BCUT2D eigenvalue weighted by Crippen LogP contribution is -2.32. The fourth-order valence-electron chi connectivity index (χ4n) is 3.10. The van der Waals surface area contributed by atoms with Crippen molar-refractivity contribution in [2.75, 3.05) is 16.2 Å². The van der Waals surface area contributed by atoms with Gasteiger partial charge in [0.1, 0.15) is 0 Å². The van der Waals surface area contributed by atoms with Crippen molar-refractivity contribution in [3.63, 3.8) is 0 Å². The van der Waals surface area contributed by atoms with E-state index in [0.29, 0.717) is 33.5 Å². The van der Waals surface area contributed by atoms with Crippen LogP contribution in [-0.2, 0) is 16.6 Å². The monoisotopic (exact) mass is 478 g/mol. The molecule has 0 fully saturated rings. The maximum atomic E-state index is 13.3. The zero-order valence-corrected chi connectivity index (χ0v) is 18.9. The normalized spacial score (nSPS) is 11.2. The summed E-state index contributed by atoms with van der Waals surface area (Å²) in [7, 11) is -3.93. The third-order valence-electron chi connectivity index (χ3n) is 4.63. The van der Waals surface area contributed by atoms with E-state index in [1.54, 1.807) is 31.2 Å². The molecule has 31 heavy (non-hydrogen) atoms. The first-order valence-electron chi connectivity index (χ1n) is 9.37. The van der Waals surface area contributed by atoms with Crippen molar-refractivity contribution in [1.82, 2.24) is 0 Å². The zero-order chi connectivity index (χ0) is 22.6. The Kier molecular flexibility index (Phi) is 7.10. The highest BCUT2D eigenvalue weighted by Crippen LogP contribution is 2.31. The van der Waals surface area contributed by atoms with E-state index in [1.807, 2.05) is 18.2 Å². The number of anilines is 2. The van der Waals surface area contributed by atoms with Gasteiger partial charge in [-0.1, -0.05) is 35.3 Å². The Morgan fingerprint density at radius 3 is 2.32 bits per heavy atom. The second kappa shape index (κ2) is 9.60. The minimum absolute atomic E-state index is 0.000636. The van der Waals surface area contributed by atoms with Crippen LogP contribution >= 0.6 is 23.2 Å². The van der Waals surface area contributed by atoms with Crippen LogP contribution in [0.2, 0.25) is 10.0 Å². The summed E-state index contributed by atoms with van der Waals surface area (Å²) < 4.78 is 27.9. The van der Waals surface area contributed by atoms with E-state index >= 15 is 0 Å². The van der Waals surface area contributed by atoms with Gasteiger partial charge < -0.3 is 10.4 Å². The number of sulfonamides is 1. The molecule has 9 heteroatoms. The lowest BCUT2D eigenvalue weighted by Gasteiger charge is -2.26. The minimum atomic E-state index is -3.93. The highest BCUT2D eigenvalue weighted by Gasteiger charge is 2.26. The second-order valence-electron chi connectivity index (χ2n) is 6.61. The molecular formula is C22H20Cl2N2O4S. The summed E-state index contributed by atoms with van der Waals surface area (Å²) in [4.78, 5) is 11.1. The molecule has 3 rings (SSSR count). The van der Waals surface area contributed by atoms with Crippen LogP contribution in [0.4, 0.5) is 11.4 Å². The number of nitrogens with zero attached hydrogens (tertiary/aromatic N) is 1. The molecule has 0 saturated carbocycles. The van der Waals surface area contributed by atoms with Gasteiger partial charge in [0, 0.05) is 18.1 Å². The van der Waals surface area contributed by atoms with Crippen LogP contribution in [-0.4, -0.2) is 26.0 Å². The van der Waals surface area contributed by atoms with Crippen molar-refractivity contribution in [1.29, 1.82) is 0 Å². The molecule has 0 aromatic heterocycles. The van der Waals surface area contributed by atoms with E-state index < -0.39 is 16.0 Å². The number of carboxylic acids is 1. The molecule has 0 aliphatic rings. The summed E-state index contributed by atoms with van der Waals surface area (Å²) in [6.45, 7) is 2.19. The number of hydrogen-bond acceptors (Lipinski definition) is 4. The molecule has 162 valence electrons. The van der Waals surface area contributed by atoms with E-state index in [9.17, 15) is 13.2 Å². The number of halogens is 2. The van der Waals surface area contributed by atoms with E-state index in [1.165, 1.54) is 28.6 Å². The van der Waals surface area contributed by atoms with Gasteiger partial charge in [0.05, 0.1) is 26.9 Å². The number of benzene rings is 3. The Bertz CT molecular complexity index is 1200. The first-order chi connectivity index (χ1) is 14.7. The molecule has 0 amide bonds. The lowest BCUT2D eigenvalue weighted by molar-refractivity contribution is 0.0696. The Balaban J connectivity index is 1.97. The molecule has 0 aliphatic heterocycles. The Hall–Kier alpha value is -2.74. The van der Waals surface area contributed by atoms with E-state index in [-0.39, 0.29) is 17.0 Å². The highest BCUT2D eigenvalue weighted by atomic mass is 35.5. The van der Waals surface area contributed by atoms with Crippen molar-refractivity contribution in [3.05, 3.63) is 87.9 Å². The van der Waals surface area contributed by atoms with Gasteiger partial charge in [0.2, 0.25) is 0 Å². The standard InChI is InChI=1S/C22H20Cl2N2O4S/c1-2-26(31(29,30)18-10-7-15(8-11-18)22(27)28)21-12-9-17(23)13-16(21)14-25-20-6-4-3-5-19(20)24/h3-13,25H,2,14H2,1H3,(H,27,28). The maximum Gasteiger partial charge on any atom is 0.335 e. The molecule has 0 unspecified atom stereocenters. The first-order valence-corrected chi connectivity index (χ1v) is 11.6. The fourth-order valence-corrected chi connectivity index (χ4v) is 5.01. The van der Waals surface area contributed by atoms with Crippen LogP contribution in [0, 0.1) is 0 Å². The number of rotatable bonds is 8. The maximum absolute atomic E-state index is 13.3. The molecule has 3 aromatic carbocycles. The molecule has 0 aliphatic carbocycles. The number of hydrogen-bond donors (Lipinski definition) is 2. The van der Waals surface area contributed by atoms with Gasteiger partial charge in [-0.2, -0.15) is 0 Å². The first kappa shape index (κ1) is 22.9. The molecule has 3 aromatic rings. The lowest BCUT2D eigenvalue weighted by atomic mass is 10.1. The summed E-state index contributed by atoms with van der Waals surface area (Å²) >= 11 is 12.4. The number of carboxylic acid groups (broad SMARTS) is 1.